The lowest BCUT2D eigenvalue weighted by molar-refractivity contribution is -0.137. The first-order valence-corrected chi connectivity index (χ1v) is 14.2. The molecule has 8 nitrogen and oxygen atoms in total. The van der Waals surface area contributed by atoms with Crippen LogP contribution < -0.4 is 14.8 Å². The fourth-order valence-electron chi connectivity index (χ4n) is 3.57. The maximum absolute atomic E-state index is 13.1. The molecule has 1 amide bonds. The second-order valence-corrected chi connectivity index (χ2v) is 11.4. The van der Waals surface area contributed by atoms with Crippen LogP contribution >= 0.6 is 11.3 Å². The number of ether oxygens (including phenoxy) is 1. The van der Waals surface area contributed by atoms with Gasteiger partial charge in [0, 0.05) is 18.4 Å². The smallest absolute Gasteiger partial charge is 0.416 e. The Bertz CT molecular complexity index is 1360. The lowest BCUT2D eigenvalue weighted by Crippen LogP contribution is -2.29. The Morgan fingerprint density at radius 3 is 2.32 bits per heavy atom. The number of carbonyl (C=O) groups is 1. The summed E-state index contributed by atoms with van der Waals surface area (Å²) in [6.07, 6.45) is -3.93. The Morgan fingerprint density at radius 2 is 1.76 bits per heavy atom. The summed E-state index contributed by atoms with van der Waals surface area (Å²) in [6.45, 7) is 7.69. The third-order valence-corrected chi connectivity index (χ3v) is 8.30. The van der Waals surface area contributed by atoms with Crippen molar-refractivity contribution in [3.8, 4) is 5.75 Å². The molecule has 1 aromatic heterocycles. The van der Waals surface area contributed by atoms with Crippen molar-refractivity contribution < 1.29 is 31.1 Å². The zero-order valence-electron chi connectivity index (χ0n) is 21.3. The van der Waals surface area contributed by atoms with Gasteiger partial charge in [0.1, 0.15) is 10.8 Å². The molecule has 0 aliphatic carbocycles. The molecule has 38 heavy (non-hydrogen) atoms. The molecule has 0 fully saturated rings. The topological polar surface area (TPSA) is 110 Å². The SMILES string of the molecule is CCOc1cc(C(F)(F)F)ccc1C(=O)NCC(CC)c1ccc(S(=O)(=O)Nc2nnc(C(C)C)s2)cc1. The van der Waals surface area contributed by atoms with Crippen molar-refractivity contribution in [1.82, 2.24) is 15.5 Å². The molecule has 2 aromatic carbocycles. The number of carbonyl (C=O) groups excluding carboxylic acids is 1. The number of rotatable bonds is 11. The van der Waals surface area contributed by atoms with Crippen molar-refractivity contribution in [3.05, 3.63) is 64.2 Å². The van der Waals surface area contributed by atoms with Crippen LogP contribution in [0.5, 0.6) is 5.75 Å². The molecule has 0 saturated carbocycles. The quantitative estimate of drug-likeness (QED) is 0.301. The van der Waals surface area contributed by atoms with Gasteiger partial charge in [-0.2, -0.15) is 13.2 Å². The van der Waals surface area contributed by atoms with Gasteiger partial charge in [0.25, 0.3) is 15.9 Å². The molecule has 3 aromatic rings. The van der Waals surface area contributed by atoms with E-state index >= 15 is 0 Å². The standard InChI is InChI=1S/C25H29F3N4O4S2/c1-5-16(14-29-22(33)20-12-9-18(25(26,27)28)13-21(20)36-6-2)17-7-10-19(11-8-17)38(34,35)32-24-31-30-23(37-24)15(3)4/h7-13,15-16H,5-6,14H2,1-4H3,(H,29,33)(H,31,32). The van der Waals surface area contributed by atoms with Crippen molar-refractivity contribution in [2.45, 2.75) is 57.0 Å². The molecule has 0 spiro atoms. The molecule has 0 aliphatic heterocycles. The Balaban J connectivity index is 1.70. The van der Waals surface area contributed by atoms with Crippen LogP contribution in [0, 0.1) is 0 Å². The summed E-state index contributed by atoms with van der Waals surface area (Å²) in [5.41, 5.74) is -0.110. The predicted molar refractivity (Wildman–Crippen MR) is 139 cm³/mol. The second-order valence-electron chi connectivity index (χ2n) is 8.73. The Kier molecular flexibility index (Phi) is 9.36. The summed E-state index contributed by atoms with van der Waals surface area (Å²) in [7, 11) is -3.87. The van der Waals surface area contributed by atoms with E-state index in [0.29, 0.717) is 6.42 Å². The average Bonchev–Trinajstić information content (AvgIpc) is 3.32. The molecule has 13 heteroatoms. The Morgan fingerprint density at radius 1 is 1.08 bits per heavy atom. The number of aromatic nitrogens is 2. The van der Waals surface area contributed by atoms with E-state index < -0.39 is 27.7 Å². The lowest BCUT2D eigenvalue weighted by Gasteiger charge is -2.18. The number of alkyl halides is 3. The molecular formula is C25H29F3N4O4S2. The van der Waals surface area contributed by atoms with Gasteiger partial charge in [-0.3, -0.25) is 9.52 Å². The van der Waals surface area contributed by atoms with Gasteiger partial charge in [0.05, 0.1) is 22.6 Å². The second kappa shape index (κ2) is 12.1. The maximum atomic E-state index is 13.1. The third-order valence-electron chi connectivity index (χ3n) is 5.67. The summed E-state index contributed by atoms with van der Waals surface area (Å²) in [5.74, 6) is -0.750. The fourth-order valence-corrected chi connectivity index (χ4v) is 5.55. The van der Waals surface area contributed by atoms with Crippen LogP contribution in [0.4, 0.5) is 18.3 Å². The number of nitrogens with zero attached hydrogens (tertiary/aromatic N) is 2. The van der Waals surface area contributed by atoms with E-state index in [2.05, 4.69) is 20.2 Å². The van der Waals surface area contributed by atoms with Crippen LogP contribution in [0.2, 0.25) is 0 Å². The minimum absolute atomic E-state index is 0.000445. The molecule has 1 unspecified atom stereocenters. The summed E-state index contributed by atoms with van der Waals surface area (Å²) in [6, 6.07) is 9.02. The number of amides is 1. The van der Waals surface area contributed by atoms with E-state index in [9.17, 15) is 26.4 Å². The van der Waals surface area contributed by atoms with Gasteiger partial charge < -0.3 is 10.1 Å². The van der Waals surface area contributed by atoms with Gasteiger partial charge >= 0.3 is 6.18 Å². The minimum Gasteiger partial charge on any atom is -0.493 e. The van der Waals surface area contributed by atoms with E-state index in [0.717, 1.165) is 28.8 Å². The molecule has 3 rings (SSSR count). The van der Waals surface area contributed by atoms with Crippen molar-refractivity contribution in [2.75, 3.05) is 17.9 Å². The summed E-state index contributed by atoms with van der Waals surface area (Å²) < 4.78 is 72.4. The number of anilines is 1. The van der Waals surface area contributed by atoms with Gasteiger partial charge in [-0.05, 0) is 49.2 Å². The number of halogens is 3. The molecule has 206 valence electrons. The first-order valence-electron chi connectivity index (χ1n) is 11.9. The molecule has 2 N–H and O–H groups in total. The molecule has 0 bridgehead atoms. The highest BCUT2D eigenvalue weighted by Gasteiger charge is 2.32. The first-order chi connectivity index (χ1) is 17.9. The van der Waals surface area contributed by atoms with E-state index in [1.165, 1.54) is 23.5 Å². The molecule has 1 heterocycles. The zero-order chi connectivity index (χ0) is 28.1. The third kappa shape index (κ3) is 7.22. The van der Waals surface area contributed by atoms with Crippen LogP contribution in [0.1, 0.15) is 72.4 Å². The zero-order valence-corrected chi connectivity index (χ0v) is 22.9. The van der Waals surface area contributed by atoms with Gasteiger partial charge in [-0.1, -0.05) is 44.2 Å². The predicted octanol–water partition coefficient (Wildman–Crippen LogP) is 5.80. The highest BCUT2D eigenvalue weighted by molar-refractivity contribution is 7.93. The summed E-state index contributed by atoms with van der Waals surface area (Å²) >= 11 is 1.17. The van der Waals surface area contributed by atoms with Crippen molar-refractivity contribution >= 4 is 32.4 Å². The molecular weight excluding hydrogens is 541 g/mol. The number of nitrogens with one attached hydrogen (secondary N) is 2. The largest absolute Gasteiger partial charge is 0.493 e. The lowest BCUT2D eigenvalue weighted by atomic mass is 9.96. The number of hydrogen-bond donors (Lipinski definition) is 2. The van der Waals surface area contributed by atoms with Crippen LogP contribution in [-0.4, -0.2) is 37.7 Å². The van der Waals surface area contributed by atoms with E-state index in [-0.39, 0.29) is 46.3 Å². The molecule has 0 aliphatic rings. The Labute approximate surface area is 223 Å². The van der Waals surface area contributed by atoms with Crippen LogP contribution in [-0.2, 0) is 16.2 Å². The fraction of sp³-hybridized carbons (Fsp3) is 0.400. The normalized spacial score (nSPS) is 12.8. The summed E-state index contributed by atoms with van der Waals surface area (Å²) in [4.78, 5) is 12.8. The van der Waals surface area contributed by atoms with Crippen molar-refractivity contribution in [3.63, 3.8) is 0 Å². The molecule has 1 atom stereocenters. The molecule has 0 saturated heterocycles. The minimum atomic E-state index is -4.56. The highest BCUT2D eigenvalue weighted by atomic mass is 32.2. The van der Waals surface area contributed by atoms with Gasteiger partial charge in [-0.25, -0.2) is 8.42 Å². The number of hydrogen-bond acceptors (Lipinski definition) is 7. The van der Waals surface area contributed by atoms with Crippen LogP contribution in [0.25, 0.3) is 0 Å². The number of sulfonamides is 1. The van der Waals surface area contributed by atoms with Crippen molar-refractivity contribution in [1.29, 1.82) is 0 Å². The number of benzene rings is 2. The van der Waals surface area contributed by atoms with Crippen molar-refractivity contribution in [2.24, 2.45) is 0 Å². The van der Waals surface area contributed by atoms with Gasteiger partial charge in [-0.15, -0.1) is 10.2 Å². The van der Waals surface area contributed by atoms with Gasteiger partial charge in [0.15, 0.2) is 0 Å². The first kappa shape index (κ1) is 29.4. The maximum Gasteiger partial charge on any atom is 0.416 e. The monoisotopic (exact) mass is 570 g/mol. The Hall–Kier alpha value is -3.19. The summed E-state index contributed by atoms with van der Waals surface area (Å²) in [5, 5.41) is 11.5. The average molecular weight is 571 g/mol. The van der Waals surface area contributed by atoms with E-state index in [4.69, 9.17) is 4.74 Å². The van der Waals surface area contributed by atoms with Gasteiger partial charge in [0.2, 0.25) is 5.13 Å². The van der Waals surface area contributed by atoms with E-state index in [1.54, 1.807) is 19.1 Å². The van der Waals surface area contributed by atoms with Crippen LogP contribution in [0.3, 0.4) is 0 Å². The van der Waals surface area contributed by atoms with Crippen LogP contribution in [0.15, 0.2) is 47.4 Å². The molecule has 0 radical (unpaired) electrons. The highest BCUT2D eigenvalue weighted by Crippen LogP contribution is 2.33. The van der Waals surface area contributed by atoms with E-state index in [1.807, 2.05) is 20.8 Å².